The summed E-state index contributed by atoms with van der Waals surface area (Å²) in [6, 6.07) is 11.9. The van der Waals surface area contributed by atoms with Gasteiger partial charge in [-0.25, -0.2) is 4.79 Å². The molecule has 0 spiro atoms. The number of non-ortho nitro benzene ring substituents is 1. The van der Waals surface area contributed by atoms with Crippen LogP contribution in [0.2, 0.25) is 5.02 Å². The summed E-state index contributed by atoms with van der Waals surface area (Å²) < 4.78 is 10.1. The van der Waals surface area contributed by atoms with Crippen LogP contribution < -0.4 is 0 Å². The second-order valence-corrected chi connectivity index (χ2v) is 5.34. The van der Waals surface area contributed by atoms with Gasteiger partial charge in [-0.15, -0.1) is 0 Å². The summed E-state index contributed by atoms with van der Waals surface area (Å²) in [5.41, 5.74) is 0.783. The molecule has 1 heterocycles. The van der Waals surface area contributed by atoms with Crippen molar-refractivity contribution in [3.05, 3.63) is 75.1 Å². The van der Waals surface area contributed by atoms with Gasteiger partial charge in [0.05, 0.1) is 10.5 Å². The Bertz CT molecular complexity index is 906. The molecule has 8 nitrogen and oxygen atoms in total. The summed E-state index contributed by atoms with van der Waals surface area (Å²) in [6.07, 6.45) is 0. The highest BCUT2D eigenvalue weighted by atomic mass is 35.5. The number of ether oxygens (including phenoxy) is 1. The van der Waals surface area contributed by atoms with Gasteiger partial charge in [0.15, 0.2) is 6.61 Å². The SMILES string of the molecule is O=C(OCc1nc(-c2ccc(Cl)cc2)no1)c1ccc([N+](=O)[O-])cc1. The largest absolute Gasteiger partial charge is 0.452 e. The normalized spacial score (nSPS) is 10.4. The minimum atomic E-state index is -0.652. The van der Waals surface area contributed by atoms with Gasteiger partial charge >= 0.3 is 5.97 Å². The predicted molar refractivity (Wildman–Crippen MR) is 87.0 cm³/mol. The number of nitro groups is 1. The smallest absolute Gasteiger partial charge is 0.338 e. The second-order valence-electron chi connectivity index (χ2n) is 4.90. The van der Waals surface area contributed by atoms with Crippen LogP contribution in [0.5, 0.6) is 0 Å². The zero-order valence-electron chi connectivity index (χ0n) is 12.6. The molecule has 0 bridgehead atoms. The first-order chi connectivity index (χ1) is 12.0. The van der Waals surface area contributed by atoms with Gasteiger partial charge in [-0.1, -0.05) is 16.8 Å². The molecule has 0 unspecified atom stereocenters. The van der Waals surface area contributed by atoms with Crippen molar-refractivity contribution >= 4 is 23.3 Å². The van der Waals surface area contributed by atoms with E-state index >= 15 is 0 Å². The maximum absolute atomic E-state index is 11.9. The summed E-state index contributed by atoms with van der Waals surface area (Å²) in [6.45, 7) is -0.212. The summed E-state index contributed by atoms with van der Waals surface area (Å²) in [5, 5.41) is 15.0. The highest BCUT2D eigenvalue weighted by molar-refractivity contribution is 6.30. The fourth-order valence-electron chi connectivity index (χ4n) is 1.96. The van der Waals surface area contributed by atoms with Crippen molar-refractivity contribution < 1.29 is 19.0 Å². The Balaban J connectivity index is 1.62. The van der Waals surface area contributed by atoms with Crippen molar-refractivity contribution in [3.8, 4) is 11.4 Å². The number of carbonyl (C=O) groups excluding carboxylic acids is 1. The lowest BCUT2D eigenvalue weighted by Gasteiger charge is -2.01. The van der Waals surface area contributed by atoms with E-state index in [1.54, 1.807) is 24.3 Å². The lowest BCUT2D eigenvalue weighted by Crippen LogP contribution is -2.05. The first-order valence-corrected chi connectivity index (χ1v) is 7.41. The number of halogens is 1. The number of nitrogens with zero attached hydrogens (tertiary/aromatic N) is 3. The molecule has 0 N–H and O–H groups in total. The van der Waals surface area contributed by atoms with Crippen LogP contribution in [0.15, 0.2) is 53.1 Å². The molecule has 0 fully saturated rings. The second kappa shape index (κ2) is 7.10. The highest BCUT2D eigenvalue weighted by Gasteiger charge is 2.14. The molecule has 9 heteroatoms. The van der Waals surface area contributed by atoms with E-state index in [-0.39, 0.29) is 23.7 Å². The molecule has 0 saturated heterocycles. The fraction of sp³-hybridized carbons (Fsp3) is 0.0625. The molecular weight excluding hydrogens is 350 g/mol. The van der Waals surface area contributed by atoms with Crippen LogP contribution in [0.3, 0.4) is 0 Å². The summed E-state index contributed by atoms with van der Waals surface area (Å²) in [4.78, 5) is 26.1. The minimum absolute atomic E-state index is 0.110. The molecule has 3 aromatic rings. The maximum Gasteiger partial charge on any atom is 0.338 e. The monoisotopic (exact) mass is 359 g/mol. The number of benzene rings is 2. The van der Waals surface area contributed by atoms with Gasteiger partial charge in [0, 0.05) is 22.7 Å². The van der Waals surface area contributed by atoms with Gasteiger partial charge in [0.2, 0.25) is 5.82 Å². The van der Waals surface area contributed by atoms with Crippen LogP contribution in [-0.4, -0.2) is 21.0 Å². The molecule has 0 atom stereocenters. The molecule has 2 aromatic carbocycles. The molecule has 0 amide bonds. The van der Waals surface area contributed by atoms with Crippen molar-refractivity contribution in [1.29, 1.82) is 0 Å². The Morgan fingerprint density at radius 3 is 2.48 bits per heavy atom. The zero-order chi connectivity index (χ0) is 17.8. The number of hydrogen-bond acceptors (Lipinski definition) is 7. The number of hydrogen-bond donors (Lipinski definition) is 0. The van der Waals surface area contributed by atoms with Crippen LogP contribution in [0, 0.1) is 10.1 Å². The average molecular weight is 360 g/mol. The summed E-state index contributed by atoms with van der Waals surface area (Å²) in [7, 11) is 0. The van der Waals surface area contributed by atoms with E-state index < -0.39 is 10.9 Å². The number of aromatic nitrogens is 2. The maximum atomic E-state index is 11.9. The van der Waals surface area contributed by atoms with Gasteiger partial charge in [-0.3, -0.25) is 10.1 Å². The van der Waals surface area contributed by atoms with Gasteiger partial charge in [-0.05, 0) is 36.4 Å². The third-order valence-electron chi connectivity index (χ3n) is 3.21. The molecule has 0 aliphatic rings. The van der Waals surface area contributed by atoms with Crippen molar-refractivity contribution in [2.24, 2.45) is 0 Å². The van der Waals surface area contributed by atoms with E-state index in [0.29, 0.717) is 16.4 Å². The predicted octanol–water partition coefficient (Wildman–Crippen LogP) is 3.66. The molecule has 0 aliphatic heterocycles. The fourth-order valence-corrected chi connectivity index (χ4v) is 2.09. The third kappa shape index (κ3) is 3.99. The highest BCUT2D eigenvalue weighted by Crippen LogP contribution is 2.19. The van der Waals surface area contributed by atoms with E-state index in [4.69, 9.17) is 20.9 Å². The van der Waals surface area contributed by atoms with Crippen LogP contribution in [0.1, 0.15) is 16.2 Å². The third-order valence-corrected chi connectivity index (χ3v) is 3.46. The van der Waals surface area contributed by atoms with E-state index in [0.717, 1.165) is 0 Å². The van der Waals surface area contributed by atoms with Gasteiger partial charge in [0.1, 0.15) is 0 Å². The molecule has 0 saturated carbocycles. The quantitative estimate of drug-likeness (QED) is 0.388. The molecular formula is C16H10ClN3O5. The van der Waals surface area contributed by atoms with E-state index in [1.807, 2.05) is 0 Å². The van der Waals surface area contributed by atoms with Crippen LogP contribution in [-0.2, 0) is 11.3 Å². The number of nitro benzene ring substituents is 1. The number of rotatable bonds is 5. The lowest BCUT2D eigenvalue weighted by molar-refractivity contribution is -0.384. The molecule has 1 aromatic heterocycles. The minimum Gasteiger partial charge on any atom is -0.452 e. The number of esters is 1. The first-order valence-electron chi connectivity index (χ1n) is 7.03. The van der Waals surface area contributed by atoms with Crippen molar-refractivity contribution in [2.75, 3.05) is 0 Å². The van der Waals surface area contributed by atoms with Crippen molar-refractivity contribution in [3.63, 3.8) is 0 Å². The summed E-state index contributed by atoms with van der Waals surface area (Å²) >= 11 is 5.82. The average Bonchev–Trinajstić information content (AvgIpc) is 3.09. The molecule has 3 rings (SSSR count). The molecule has 25 heavy (non-hydrogen) atoms. The van der Waals surface area contributed by atoms with Gasteiger partial charge in [-0.2, -0.15) is 4.98 Å². The van der Waals surface area contributed by atoms with Crippen LogP contribution in [0.25, 0.3) is 11.4 Å². The molecule has 0 radical (unpaired) electrons. The molecule has 126 valence electrons. The lowest BCUT2D eigenvalue weighted by atomic mass is 10.2. The van der Waals surface area contributed by atoms with E-state index in [9.17, 15) is 14.9 Å². The van der Waals surface area contributed by atoms with Crippen molar-refractivity contribution in [1.82, 2.24) is 10.1 Å². The van der Waals surface area contributed by atoms with Crippen molar-refractivity contribution in [2.45, 2.75) is 6.61 Å². The molecule has 0 aliphatic carbocycles. The van der Waals surface area contributed by atoms with Gasteiger partial charge < -0.3 is 9.26 Å². The van der Waals surface area contributed by atoms with E-state index in [2.05, 4.69) is 10.1 Å². The Hall–Kier alpha value is -3.26. The Morgan fingerprint density at radius 1 is 1.16 bits per heavy atom. The Morgan fingerprint density at radius 2 is 1.84 bits per heavy atom. The van der Waals surface area contributed by atoms with E-state index in [1.165, 1.54) is 24.3 Å². The Kier molecular flexibility index (Phi) is 4.71. The topological polar surface area (TPSA) is 108 Å². The van der Waals surface area contributed by atoms with Gasteiger partial charge in [0.25, 0.3) is 11.6 Å². The first kappa shape index (κ1) is 16.6. The van der Waals surface area contributed by atoms with Crippen LogP contribution >= 0.6 is 11.6 Å². The zero-order valence-corrected chi connectivity index (χ0v) is 13.3. The Labute approximate surface area is 146 Å². The standard InChI is InChI=1S/C16H10ClN3O5/c17-12-5-1-10(2-6-12)15-18-14(25-19-15)9-24-16(21)11-3-7-13(8-4-11)20(22)23/h1-8H,9H2. The van der Waals surface area contributed by atoms with Crippen LogP contribution in [0.4, 0.5) is 5.69 Å². The summed E-state index contributed by atoms with van der Waals surface area (Å²) in [5.74, 6) is -0.181. The number of carbonyl (C=O) groups is 1.